The van der Waals surface area contributed by atoms with Crippen LogP contribution < -0.4 is 0 Å². The van der Waals surface area contributed by atoms with E-state index in [0.717, 1.165) is 6.42 Å². The lowest BCUT2D eigenvalue weighted by molar-refractivity contribution is -0.0394. The Morgan fingerprint density at radius 1 is 1.40 bits per heavy atom. The van der Waals surface area contributed by atoms with Gasteiger partial charge in [0, 0.05) is 12.8 Å². The largest absolute Gasteiger partial charge is 0.369 e. The van der Waals surface area contributed by atoms with Gasteiger partial charge in [-0.2, -0.15) is 0 Å². The Morgan fingerprint density at radius 3 is 3.10 bits per heavy atom. The molecular formula is C7H7O3. The average molecular weight is 139 g/mol. The zero-order chi connectivity index (χ0) is 6.34. The van der Waals surface area contributed by atoms with Gasteiger partial charge in [-0.15, -0.1) is 0 Å². The van der Waals surface area contributed by atoms with Gasteiger partial charge >= 0.3 is 0 Å². The third-order valence-electron chi connectivity index (χ3n) is 2.97. The van der Waals surface area contributed by atoms with Crippen molar-refractivity contribution in [3.05, 3.63) is 6.42 Å². The highest BCUT2D eigenvalue weighted by atomic mass is 16.8. The van der Waals surface area contributed by atoms with Crippen LogP contribution in [0.4, 0.5) is 0 Å². The van der Waals surface area contributed by atoms with Gasteiger partial charge in [0.1, 0.15) is 6.10 Å². The van der Waals surface area contributed by atoms with Crippen molar-refractivity contribution in [1.29, 1.82) is 0 Å². The summed E-state index contributed by atoms with van der Waals surface area (Å²) in [5.41, 5.74) is 0.0179. The molecule has 0 saturated carbocycles. The van der Waals surface area contributed by atoms with Crippen molar-refractivity contribution < 1.29 is 14.2 Å². The second-order valence-corrected chi connectivity index (χ2v) is 3.50. The Kier molecular flexibility index (Phi) is 0.495. The molecule has 5 unspecified atom stereocenters. The second kappa shape index (κ2) is 1.05. The monoisotopic (exact) mass is 139 g/mol. The SMILES string of the molecule is [CH]1C2CC34OC3OC1C4O2. The van der Waals surface area contributed by atoms with Crippen molar-refractivity contribution in [2.45, 2.75) is 36.6 Å². The maximum absolute atomic E-state index is 5.60. The highest BCUT2D eigenvalue weighted by molar-refractivity contribution is 5.26. The standard InChI is InChI=1S/C7H7O3/c1-3-2-7-5(8-3)4(1)9-6(7)10-7/h1,3-6H,2H2. The van der Waals surface area contributed by atoms with Gasteiger partial charge in [-0.1, -0.05) is 0 Å². The summed E-state index contributed by atoms with van der Waals surface area (Å²) in [7, 11) is 0. The predicted molar refractivity (Wildman–Crippen MR) is 30.1 cm³/mol. The molecule has 1 spiro atoms. The fraction of sp³-hybridized carbons (Fsp3) is 0.857. The first-order valence-electron chi connectivity index (χ1n) is 3.72. The molecule has 4 heterocycles. The zero-order valence-electron chi connectivity index (χ0n) is 5.32. The van der Waals surface area contributed by atoms with Crippen LogP contribution in [0.2, 0.25) is 0 Å². The van der Waals surface area contributed by atoms with Crippen molar-refractivity contribution in [2.75, 3.05) is 0 Å². The highest BCUT2D eigenvalue weighted by Crippen LogP contribution is 2.62. The molecule has 0 aromatic carbocycles. The fourth-order valence-corrected chi connectivity index (χ4v) is 2.48. The first kappa shape index (κ1) is 4.70. The van der Waals surface area contributed by atoms with Crippen LogP contribution in [0.15, 0.2) is 0 Å². The summed E-state index contributed by atoms with van der Waals surface area (Å²) in [6.45, 7) is 0. The summed E-state index contributed by atoms with van der Waals surface area (Å²) in [5, 5.41) is 0. The summed E-state index contributed by atoms with van der Waals surface area (Å²) in [4.78, 5) is 0. The van der Waals surface area contributed by atoms with Gasteiger partial charge < -0.3 is 14.2 Å². The molecule has 4 fully saturated rings. The second-order valence-electron chi connectivity index (χ2n) is 3.50. The van der Waals surface area contributed by atoms with Crippen molar-refractivity contribution in [1.82, 2.24) is 0 Å². The van der Waals surface area contributed by atoms with Gasteiger partial charge in [-0.3, -0.25) is 0 Å². The van der Waals surface area contributed by atoms with E-state index < -0.39 is 0 Å². The van der Waals surface area contributed by atoms with Gasteiger partial charge in [0.2, 0.25) is 0 Å². The molecule has 4 saturated heterocycles. The molecule has 53 valence electrons. The molecule has 10 heavy (non-hydrogen) atoms. The fourth-order valence-electron chi connectivity index (χ4n) is 2.48. The quantitative estimate of drug-likeness (QED) is 0.437. The van der Waals surface area contributed by atoms with Gasteiger partial charge in [0.05, 0.1) is 12.2 Å². The van der Waals surface area contributed by atoms with Crippen LogP contribution >= 0.6 is 0 Å². The molecule has 4 aliphatic heterocycles. The molecule has 5 atom stereocenters. The van der Waals surface area contributed by atoms with E-state index in [1.807, 2.05) is 0 Å². The Labute approximate surface area is 58.2 Å². The normalized spacial score (nSPS) is 74.4. The highest BCUT2D eigenvalue weighted by Gasteiger charge is 2.78. The van der Waals surface area contributed by atoms with Crippen LogP contribution in [0.25, 0.3) is 0 Å². The Bertz CT molecular complexity index is 217. The van der Waals surface area contributed by atoms with E-state index in [2.05, 4.69) is 6.42 Å². The van der Waals surface area contributed by atoms with E-state index >= 15 is 0 Å². The Morgan fingerprint density at radius 2 is 2.40 bits per heavy atom. The smallest absolute Gasteiger partial charge is 0.190 e. The number of fused-ring (bicyclic) bond motifs is 1. The molecular weight excluding hydrogens is 132 g/mol. The van der Waals surface area contributed by atoms with E-state index in [9.17, 15) is 0 Å². The van der Waals surface area contributed by atoms with Crippen LogP contribution in [0.3, 0.4) is 0 Å². The topological polar surface area (TPSA) is 31.0 Å². The van der Waals surface area contributed by atoms with Crippen molar-refractivity contribution >= 4 is 0 Å². The van der Waals surface area contributed by atoms with Crippen molar-refractivity contribution in [2.24, 2.45) is 0 Å². The lowest BCUT2D eigenvalue weighted by Gasteiger charge is -2.14. The lowest BCUT2D eigenvalue weighted by Crippen LogP contribution is -2.32. The maximum Gasteiger partial charge on any atom is 0.190 e. The molecule has 0 amide bonds. The molecule has 0 N–H and O–H groups in total. The summed E-state index contributed by atoms with van der Waals surface area (Å²) in [6.07, 6.45) is 4.07. The van der Waals surface area contributed by atoms with Crippen molar-refractivity contribution in [3.63, 3.8) is 0 Å². The van der Waals surface area contributed by atoms with Crippen LogP contribution in [-0.4, -0.2) is 30.2 Å². The number of rotatable bonds is 0. The molecule has 2 bridgehead atoms. The van der Waals surface area contributed by atoms with E-state index in [-0.39, 0.29) is 24.1 Å². The van der Waals surface area contributed by atoms with Gasteiger partial charge in [0.15, 0.2) is 11.9 Å². The molecule has 3 nitrogen and oxygen atoms in total. The average Bonchev–Trinajstić information content (AvgIpc) is 2.23. The summed E-state index contributed by atoms with van der Waals surface area (Å²) >= 11 is 0. The number of hydrogen-bond acceptors (Lipinski definition) is 3. The van der Waals surface area contributed by atoms with Crippen molar-refractivity contribution in [3.8, 4) is 0 Å². The maximum atomic E-state index is 5.60. The van der Waals surface area contributed by atoms with Gasteiger partial charge in [-0.05, 0) is 0 Å². The third kappa shape index (κ3) is 0.290. The minimum Gasteiger partial charge on any atom is -0.369 e. The minimum atomic E-state index is 0.0179. The van der Waals surface area contributed by atoms with E-state index in [4.69, 9.17) is 14.2 Å². The molecule has 0 aromatic heterocycles. The first-order chi connectivity index (χ1) is 4.88. The van der Waals surface area contributed by atoms with Gasteiger partial charge in [0.25, 0.3) is 0 Å². The molecule has 4 rings (SSSR count). The molecule has 4 aliphatic rings. The first-order valence-corrected chi connectivity index (χ1v) is 3.72. The molecule has 0 aliphatic carbocycles. The van der Waals surface area contributed by atoms with Crippen LogP contribution in [0.1, 0.15) is 6.42 Å². The molecule has 0 aromatic rings. The minimum absolute atomic E-state index is 0.0179. The summed E-state index contributed by atoms with van der Waals surface area (Å²) < 4.78 is 16.5. The van der Waals surface area contributed by atoms with E-state index in [1.165, 1.54) is 0 Å². The molecule has 3 heteroatoms. The summed E-state index contributed by atoms with van der Waals surface area (Å²) in [6, 6.07) is 0. The van der Waals surface area contributed by atoms with Crippen LogP contribution in [-0.2, 0) is 14.2 Å². The number of ether oxygens (including phenoxy) is 3. The molecule has 1 radical (unpaired) electrons. The number of epoxide rings is 1. The lowest BCUT2D eigenvalue weighted by atomic mass is 9.89. The zero-order valence-corrected chi connectivity index (χ0v) is 5.32. The number of hydrogen-bond donors (Lipinski definition) is 0. The van der Waals surface area contributed by atoms with E-state index in [0.29, 0.717) is 6.10 Å². The van der Waals surface area contributed by atoms with Crippen LogP contribution in [0, 0.1) is 6.42 Å². The predicted octanol–water partition coefficient (Wildman–Crippen LogP) is -0.144. The van der Waals surface area contributed by atoms with Crippen LogP contribution in [0.5, 0.6) is 0 Å². The Balaban J connectivity index is 1.94. The Hall–Kier alpha value is -0.120. The summed E-state index contributed by atoms with van der Waals surface area (Å²) in [5.74, 6) is 0. The third-order valence-corrected chi connectivity index (χ3v) is 2.97. The van der Waals surface area contributed by atoms with E-state index in [1.54, 1.807) is 0 Å². The van der Waals surface area contributed by atoms with Gasteiger partial charge in [-0.25, -0.2) is 0 Å².